The molecule has 27 heavy (non-hydrogen) atoms. The number of nitriles is 1. The first-order valence-corrected chi connectivity index (χ1v) is 7.97. The van der Waals surface area contributed by atoms with Gasteiger partial charge < -0.3 is 14.2 Å². The summed E-state index contributed by atoms with van der Waals surface area (Å²) < 4.78 is 39.3. The van der Waals surface area contributed by atoms with Gasteiger partial charge in [0.15, 0.2) is 23.9 Å². The summed E-state index contributed by atoms with van der Waals surface area (Å²) in [4.78, 5) is 12.2. The molecule has 0 spiro atoms. The minimum atomic E-state index is -3.04. The van der Waals surface area contributed by atoms with Gasteiger partial charge in [0.25, 0.3) is 0 Å². The Kier molecular flexibility index (Phi) is 7.15. The zero-order valence-electron chi connectivity index (χ0n) is 14.1. The van der Waals surface area contributed by atoms with Crippen LogP contribution in [0.5, 0.6) is 17.2 Å². The van der Waals surface area contributed by atoms with Crippen molar-refractivity contribution in [2.75, 3.05) is 13.7 Å². The van der Waals surface area contributed by atoms with Gasteiger partial charge >= 0.3 is 6.61 Å². The maximum atomic E-state index is 12.4. The van der Waals surface area contributed by atoms with Crippen LogP contribution in [0, 0.1) is 11.3 Å². The fourth-order valence-electron chi connectivity index (χ4n) is 2.14. The van der Waals surface area contributed by atoms with E-state index < -0.39 is 6.61 Å². The lowest BCUT2D eigenvalue weighted by molar-refractivity contribution is -0.0511. The van der Waals surface area contributed by atoms with Crippen LogP contribution in [0.25, 0.3) is 6.08 Å². The monoisotopic (exact) mass is 393 g/mol. The molecule has 0 radical (unpaired) electrons. The van der Waals surface area contributed by atoms with Crippen molar-refractivity contribution in [2.24, 2.45) is 0 Å². The summed E-state index contributed by atoms with van der Waals surface area (Å²) in [5.74, 6) is -0.0625. The molecular formula is C19H14ClF2NO4. The average molecular weight is 394 g/mol. The minimum absolute atomic E-state index is 0.0221. The molecule has 0 heterocycles. The summed E-state index contributed by atoms with van der Waals surface area (Å²) in [5, 5.41) is 8.40. The molecule has 0 saturated heterocycles. The molecule has 2 aromatic carbocycles. The first-order chi connectivity index (χ1) is 12.9. The molecule has 140 valence electrons. The van der Waals surface area contributed by atoms with Crippen molar-refractivity contribution in [3.63, 3.8) is 0 Å². The van der Waals surface area contributed by atoms with E-state index in [0.717, 1.165) is 0 Å². The fourth-order valence-corrected chi connectivity index (χ4v) is 2.40. The van der Waals surface area contributed by atoms with Crippen LogP contribution in [-0.2, 0) is 0 Å². The Morgan fingerprint density at radius 2 is 2.00 bits per heavy atom. The number of ketones is 1. The van der Waals surface area contributed by atoms with E-state index in [1.54, 1.807) is 24.3 Å². The van der Waals surface area contributed by atoms with Crippen molar-refractivity contribution in [1.29, 1.82) is 5.26 Å². The minimum Gasteiger partial charge on any atom is -0.493 e. The van der Waals surface area contributed by atoms with Crippen LogP contribution in [0.3, 0.4) is 0 Å². The number of rotatable bonds is 8. The quantitative estimate of drug-likeness (QED) is 0.478. The van der Waals surface area contributed by atoms with Crippen LogP contribution in [0.4, 0.5) is 8.78 Å². The predicted octanol–water partition coefficient (Wildman–Crippen LogP) is 4.75. The summed E-state index contributed by atoms with van der Waals surface area (Å²) in [6, 6.07) is 10.9. The average Bonchev–Trinajstić information content (AvgIpc) is 2.66. The molecule has 8 heteroatoms. The third-order valence-corrected chi connectivity index (χ3v) is 3.61. The van der Waals surface area contributed by atoms with Crippen molar-refractivity contribution in [1.82, 2.24) is 0 Å². The summed E-state index contributed by atoms with van der Waals surface area (Å²) in [6.07, 6.45) is 2.78. The second-order valence-corrected chi connectivity index (χ2v) is 5.49. The Balaban J connectivity index is 2.16. The van der Waals surface area contributed by atoms with Crippen LogP contribution < -0.4 is 14.2 Å². The summed E-state index contributed by atoms with van der Waals surface area (Å²) in [5.41, 5.74) is 0.882. The Hall–Kier alpha value is -3.11. The molecular weight excluding hydrogens is 380 g/mol. The number of alkyl halides is 2. The maximum absolute atomic E-state index is 12.4. The molecule has 0 fully saturated rings. The van der Waals surface area contributed by atoms with Gasteiger partial charge in [-0.05, 0) is 48.0 Å². The smallest absolute Gasteiger partial charge is 0.387 e. The number of ether oxygens (including phenoxy) is 3. The largest absolute Gasteiger partial charge is 0.493 e. The number of methoxy groups -OCH3 is 1. The fraction of sp³-hybridized carbons (Fsp3) is 0.158. The molecule has 0 aliphatic heterocycles. The summed E-state index contributed by atoms with van der Waals surface area (Å²) in [6.45, 7) is -3.12. The third kappa shape index (κ3) is 5.69. The molecule has 0 atom stereocenters. The van der Waals surface area contributed by atoms with Gasteiger partial charge in [0.1, 0.15) is 11.8 Å². The van der Waals surface area contributed by atoms with E-state index in [1.165, 1.54) is 31.4 Å². The number of benzene rings is 2. The van der Waals surface area contributed by atoms with Gasteiger partial charge in [-0.2, -0.15) is 14.0 Å². The van der Waals surface area contributed by atoms with E-state index in [-0.39, 0.29) is 28.9 Å². The van der Waals surface area contributed by atoms with E-state index in [1.807, 2.05) is 6.07 Å². The lowest BCUT2D eigenvalue weighted by Gasteiger charge is -2.12. The Labute approximate surface area is 159 Å². The number of halogens is 3. The zero-order valence-corrected chi connectivity index (χ0v) is 14.9. The SMILES string of the molecule is COc1cc(/C=C/C(=O)c2ccc(OCC#N)cc2)cc(Cl)c1OC(F)F. The van der Waals surface area contributed by atoms with Gasteiger partial charge in [-0.1, -0.05) is 17.7 Å². The summed E-state index contributed by atoms with van der Waals surface area (Å²) >= 11 is 5.95. The molecule has 0 amide bonds. The molecule has 0 saturated carbocycles. The van der Waals surface area contributed by atoms with Crippen molar-refractivity contribution in [2.45, 2.75) is 6.61 Å². The van der Waals surface area contributed by atoms with Crippen molar-refractivity contribution >= 4 is 23.5 Å². The lowest BCUT2D eigenvalue weighted by Crippen LogP contribution is -2.04. The highest BCUT2D eigenvalue weighted by atomic mass is 35.5. The summed E-state index contributed by atoms with van der Waals surface area (Å²) in [7, 11) is 1.29. The number of carbonyl (C=O) groups is 1. The van der Waals surface area contributed by atoms with Gasteiger partial charge in [-0.15, -0.1) is 0 Å². The van der Waals surface area contributed by atoms with Crippen molar-refractivity contribution < 1.29 is 27.8 Å². The van der Waals surface area contributed by atoms with Gasteiger partial charge in [0.05, 0.1) is 12.1 Å². The van der Waals surface area contributed by atoms with E-state index in [9.17, 15) is 13.6 Å². The molecule has 2 rings (SSSR count). The number of carbonyl (C=O) groups excluding carboxylic acids is 1. The molecule has 0 aliphatic carbocycles. The first kappa shape index (κ1) is 20.2. The van der Waals surface area contributed by atoms with Crippen molar-refractivity contribution in [3.8, 4) is 23.3 Å². The standard InChI is InChI=1S/C19H14ClF2NO4/c1-25-17-11-12(10-15(20)18(17)27-19(21)22)2-7-16(24)13-3-5-14(6-4-13)26-9-8-23/h2-7,10-11,19H,9H2,1H3/b7-2+. The van der Waals surface area contributed by atoms with Gasteiger partial charge in [-0.3, -0.25) is 4.79 Å². The highest BCUT2D eigenvalue weighted by molar-refractivity contribution is 6.32. The highest BCUT2D eigenvalue weighted by Crippen LogP contribution is 2.37. The molecule has 0 aliphatic rings. The Bertz CT molecular complexity index is 877. The van der Waals surface area contributed by atoms with Crippen molar-refractivity contribution in [3.05, 3.63) is 58.6 Å². The van der Waals surface area contributed by atoms with Crippen LogP contribution >= 0.6 is 11.6 Å². The van der Waals surface area contributed by atoms with E-state index in [2.05, 4.69) is 4.74 Å². The van der Waals surface area contributed by atoms with E-state index in [4.69, 9.17) is 26.3 Å². The number of hydrogen-bond acceptors (Lipinski definition) is 5. The third-order valence-electron chi connectivity index (χ3n) is 3.33. The van der Waals surface area contributed by atoms with Crippen LogP contribution in [-0.4, -0.2) is 26.1 Å². The topological polar surface area (TPSA) is 68.5 Å². The lowest BCUT2D eigenvalue weighted by atomic mass is 10.1. The van der Waals surface area contributed by atoms with Gasteiger partial charge in [0.2, 0.25) is 0 Å². The van der Waals surface area contributed by atoms with Gasteiger partial charge in [-0.25, -0.2) is 0 Å². The molecule has 2 aromatic rings. The molecule has 0 N–H and O–H groups in total. The van der Waals surface area contributed by atoms with Crippen LogP contribution in [0.2, 0.25) is 5.02 Å². The Morgan fingerprint density at radius 1 is 1.30 bits per heavy atom. The zero-order chi connectivity index (χ0) is 19.8. The number of allylic oxidation sites excluding steroid dienone is 1. The highest BCUT2D eigenvalue weighted by Gasteiger charge is 2.15. The van der Waals surface area contributed by atoms with E-state index >= 15 is 0 Å². The molecule has 0 bridgehead atoms. The van der Waals surface area contributed by atoms with Crippen LogP contribution in [0.15, 0.2) is 42.5 Å². The predicted molar refractivity (Wildman–Crippen MR) is 95.6 cm³/mol. The molecule has 5 nitrogen and oxygen atoms in total. The van der Waals surface area contributed by atoms with Gasteiger partial charge in [0, 0.05) is 5.56 Å². The number of hydrogen-bond donors (Lipinski definition) is 0. The van der Waals surface area contributed by atoms with Crippen LogP contribution in [0.1, 0.15) is 15.9 Å². The maximum Gasteiger partial charge on any atom is 0.387 e. The normalized spacial score (nSPS) is 10.7. The molecule has 0 unspecified atom stereocenters. The Morgan fingerprint density at radius 3 is 2.59 bits per heavy atom. The van der Waals surface area contributed by atoms with E-state index in [0.29, 0.717) is 16.9 Å². The number of nitrogens with zero attached hydrogens (tertiary/aromatic N) is 1. The first-order valence-electron chi connectivity index (χ1n) is 7.59. The molecule has 0 aromatic heterocycles. The second kappa shape index (κ2) is 9.55. The second-order valence-electron chi connectivity index (χ2n) is 5.08.